The van der Waals surface area contributed by atoms with E-state index < -0.39 is 6.10 Å². The fourth-order valence-electron chi connectivity index (χ4n) is 1.55. The van der Waals surface area contributed by atoms with Gasteiger partial charge in [0.1, 0.15) is 5.82 Å². The molecule has 74 valence electrons. The number of nitrogens with zero attached hydrogens (tertiary/aromatic N) is 2. The molecule has 0 amide bonds. The highest BCUT2D eigenvalue weighted by molar-refractivity contribution is 5.24. The van der Waals surface area contributed by atoms with Crippen LogP contribution in [0.4, 0.5) is 5.82 Å². The molecule has 5 heteroatoms. The summed E-state index contributed by atoms with van der Waals surface area (Å²) in [7, 11) is 0. The lowest BCUT2D eigenvalue weighted by atomic mass is 10.2. The number of rotatable bonds is 1. The molecule has 1 aliphatic rings. The maximum Gasteiger partial charge on any atom is 0.350 e. The highest BCUT2D eigenvalue weighted by Gasteiger charge is 2.18. The third-order valence-corrected chi connectivity index (χ3v) is 2.25. The van der Waals surface area contributed by atoms with Crippen molar-refractivity contribution in [2.45, 2.75) is 18.6 Å². The fraction of sp³-hybridized carbons (Fsp3) is 0.333. The summed E-state index contributed by atoms with van der Waals surface area (Å²) in [5.74, 6) is 0.216. The number of anilines is 1. The van der Waals surface area contributed by atoms with Crippen LogP contribution in [0.2, 0.25) is 0 Å². The van der Waals surface area contributed by atoms with Gasteiger partial charge in [0.05, 0.1) is 12.1 Å². The highest BCUT2D eigenvalue weighted by atomic mass is 16.3. The minimum atomic E-state index is -0.468. The minimum absolute atomic E-state index is 0.106. The normalized spacial score (nSPS) is 25.5. The van der Waals surface area contributed by atoms with Crippen LogP contribution in [0, 0.1) is 0 Å². The van der Waals surface area contributed by atoms with Gasteiger partial charge in [0, 0.05) is 12.6 Å². The van der Waals surface area contributed by atoms with Crippen LogP contribution in [0.1, 0.15) is 12.5 Å². The molecule has 5 nitrogen and oxygen atoms in total. The second-order valence-electron chi connectivity index (χ2n) is 3.30. The Morgan fingerprint density at radius 3 is 2.93 bits per heavy atom. The van der Waals surface area contributed by atoms with Gasteiger partial charge in [0.2, 0.25) is 0 Å². The molecule has 0 fully saturated rings. The first-order valence-corrected chi connectivity index (χ1v) is 4.38. The minimum Gasteiger partial charge on any atom is -0.389 e. The summed E-state index contributed by atoms with van der Waals surface area (Å²) < 4.78 is 1.46. The summed E-state index contributed by atoms with van der Waals surface area (Å²) in [5, 5.41) is 9.26. The van der Waals surface area contributed by atoms with Crippen molar-refractivity contribution in [3.63, 3.8) is 0 Å². The van der Waals surface area contributed by atoms with Gasteiger partial charge in [0.15, 0.2) is 0 Å². The first kappa shape index (κ1) is 8.96. The van der Waals surface area contributed by atoms with Crippen LogP contribution in [-0.4, -0.2) is 20.8 Å². The second kappa shape index (κ2) is 3.26. The van der Waals surface area contributed by atoms with Crippen LogP contribution in [0.25, 0.3) is 0 Å². The number of aliphatic hydroxyl groups is 1. The number of aromatic nitrogens is 2. The van der Waals surface area contributed by atoms with Crippen molar-refractivity contribution >= 4 is 5.82 Å². The zero-order valence-electron chi connectivity index (χ0n) is 7.50. The number of hydrogen-bond donors (Lipinski definition) is 2. The van der Waals surface area contributed by atoms with Crippen molar-refractivity contribution in [3.05, 3.63) is 34.9 Å². The van der Waals surface area contributed by atoms with Crippen LogP contribution < -0.4 is 11.4 Å². The Bertz CT molecular complexity index is 424. The molecular weight excluding hydrogens is 182 g/mol. The standard InChI is InChI=1S/C9H11N3O2/c10-8-3-4-12(9(14)11-8)6-1-2-7(13)5-6/h1-4,6-7,13H,5H2,(H2,10,11,14). The largest absolute Gasteiger partial charge is 0.389 e. The summed E-state index contributed by atoms with van der Waals surface area (Å²) in [6.07, 6.45) is 5.12. The number of aliphatic hydroxyl groups excluding tert-OH is 1. The van der Waals surface area contributed by atoms with Gasteiger partial charge in [-0.15, -0.1) is 0 Å². The predicted octanol–water partition coefficient (Wildman–Crippen LogP) is -0.313. The van der Waals surface area contributed by atoms with Gasteiger partial charge in [-0.1, -0.05) is 12.2 Å². The molecule has 3 N–H and O–H groups in total. The third kappa shape index (κ3) is 1.54. The molecule has 0 saturated heterocycles. The first-order valence-electron chi connectivity index (χ1n) is 4.38. The van der Waals surface area contributed by atoms with Gasteiger partial charge in [-0.2, -0.15) is 4.98 Å². The molecule has 0 aliphatic heterocycles. The molecule has 0 radical (unpaired) electrons. The van der Waals surface area contributed by atoms with Crippen molar-refractivity contribution < 1.29 is 5.11 Å². The number of hydrogen-bond acceptors (Lipinski definition) is 4. The molecular formula is C9H11N3O2. The first-order chi connectivity index (χ1) is 6.66. The van der Waals surface area contributed by atoms with Crippen molar-refractivity contribution in [2.75, 3.05) is 5.73 Å². The molecule has 0 saturated carbocycles. The third-order valence-electron chi connectivity index (χ3n) is 2.25. The van der Waals surface area contributed by atoms with Crippen LogP contribution in [-0.2, 0) is 0 Å². The van der Waals surface area contributed by atoms with Crippen LogP contribution in [0.5, 0.6) is 0 Å². The van der Waals surface area contributed by atoms with E-state index in [0.29, 0.717) is 6.42 Å². The lowest BCUT2D eigenvalue weighted by molar-refractivity contribution is 0.210. The van der Waals surface area contributed by atoms with E-state index in [0.717, 1.165) is 0 Å². The Morgan fingerprint density at radius 1 is 1.57 bits per heavy atom. The van der Waals surface area contributed by atoms with E-state index in [-0.39, 0.29) is 17.5 Å². The van der Waals surface area contributed by atoms with Gasteiger partial charge in [0.25, 0.3) is 0 Å². The SMILES string of the molecule is Nc1ccn(C2C=CC(O)C2)c(=O)n1. The summed E-state index contributed by atoms with van der Waals surface area (Å²) in [4.78, 5) is 15.0. The van der Waals surface area contributed by atoms with E-state index >= 15 is 0 Å². The molecule has 1 heterocycles. The summed E-state index contributed by atoms with van der Waals surface area (Å²) in [5.41, 5.74) is 4.98. The molecule has 2 unspecified atom stereocenters. The van der Waals surface area contributed by atoms with Crippen LogP contribution in [0.3, 0.4) is 0 Å². The highest BCUT2D eigenvalue weighted by Crippen LogP contribution is 2.21. The van der Waals surface area contributed by atoms with Crippen molar-refractivity contribution in [1.29, 1.82) is 0 Å². The molecule has 0 spiro atoms. The van der Waals surface area contributed by atoms with Gasteiger partial charge >= 0.3 is 5.69 Å². The summed E-state index contributed by atoms with van der Waals surface area (Å²) >= 11 is 0. The Morgan fingerprint density at radius 2 is 2.36 bits per heavy atom. The Labute approximate surface area is 80.5 Å². The van der Waals surface area contributed by atoms with Gasteiger partial charge in [-0.05, 0) is 6.07 Å². The smallest absolute Gasteiger partial charge is 0.350 e. The van der Waals surface area contributed by atoms with E-state index in [1.807, 2.05) is 0 Å². The lowest BCUT2D eigenvalue weighted by Crippen LogP contribution is -2.26. The molecule has 0 bridgehead atoms. The monoisotopic (exact) mass is 193 g/mol. The van der Waals surface area contributed by atoms with E-state index in [1.165, 1.54) is 4.57 Å². The van der Waals surface area contributed by atoms with Crippen molar-refractivity contribution in [3.8, 4) is 0 Å². The summed E-state index contributed by atoms with van der Waals surface area (Å²) in [6.45, 7) is 0. The maximum atomic E-state index is 11.4. The average Bonchev–Trinajstić information content (AvgIpc) is 2.51. The molecule has 1 aromatic rings. The van der Waals surface area contributed by atoms with E-state index in [4.69, 9.17) is 5.73 Å². The quantitative estimate of drug-likeness (QED) is 0.599. The molecule has 2 rings (SSSR count). The Balaban J connectivity index is 2.34. The van der Waals surface area contributed by atoms with E-state index in [1.54, 1.807) is 24.4 Å². The molecule has 14 heavy (non-hydrogen) atoms. The van der Waals surface area contributed by atoms with E-state index in [9.17, 15) is 9.90 Å². The Kier molecular flexibility index (Phi) is 2.09. The maximum absolute atomic E-state index is 11.4. The number of nitrogens with two attached hydrogens (primary N) is 1. The molecule has 1 aromatic heterocycles. The molecule has 2 atom stereocenters. The molecule has 0 aromatic carbocycles. The van der Waals surface area contributed by atoms with Crippen LogP contribution in [0.15, 0.2) is 29.2 Å². The van der Waals surface area contributed by atoms with Gasteiger partial charge < -0.3 is 10.8 Å². The zero-order chi connectivity index (χ0) is 10.1. The van der Waals surface area contributed by atoms with Gasteiger partial charge in [-0.3, -0.25) is 4.57 Å². The Hall–Kier alpha value is -1.62. The van der Waals surface area contributed by atoms with E-state index in [2.05, 4.69) is 4.98 Å². The fourth-order valence-corrected chi connectivity index (χ4v) is 1.55. The van der Waals surface area contributed by atoms with Crippen molar-refractivity contribution in [2.24, 2.45) is 0 Å². The zero-order valence-corrected chi connectivity index (χ0v) is 7.50. The number of allylic oxidation sites excluding steroid dienone is 1. The molecule has 1 aliphatic carbocycles. The topological polar surface area (TPSA) is 81.1 Å². The van der Waals surface area contributed by atoms with Crippen LogP contribution >= 0.6 is 0 Å². The van der Waals surface area contributed by atoms with Crippen molar-refractivity contribution in [1.82, 2.24) is 9.55 Å². The average molecular weight is 193 g/mol. The second-order valence-corrected chi connectivity index (χ2v) is 3.30. The summed E-state index contributed by atoms with van der Waals surface area (Å²) in [6, 6.07) is 1.46. The number of nitrogen functional groups attached to an aromatic ring is 1. The lowest BCUT2D eigenvalue weighted by Gasteiger charge is -2.11. The predicted molar refractivity (Wildman–Crippen MR) is 51.7 cm³/mol. The van der Waals surface area contributed by atoms with Gasteiger partial charge in [-0.25, -0.2) is 4.79 Å².